The van der Waals surface area contributed by atoms with E-state index < -0.39 is 0 Å². The van der Waals surface area contributed by atoms with Crippen LogP contribution < -0.4 is 10.6 Å². The Hall–Kier alpha value is -1.33. The van der Waals surface area contributed by atoms with Crippen LogP contribution in [0.25, 0.3) is 11.0 Å². The van der Waals surface area contributed by atoms with Gasteiger partial charge >= 0.3 is 0 Å². The summed E-state index contributed by atoms with van der Waals surface area (Å²) in [4.78, 5) is 12.1. The highest BCUT2D eigenvalue weighted by Crippen LogP contribution is 2.26. The van der Waals surface area contributed by atoms with Crippen molar-refractivity contribution < 1.29 is 9.21 Å². The number of rotatable bonds is 4. The van der Waals surface area contributed by atoms with Crippen LogP contribution in [0.3, 0.4) is 0 Å². The smallest absolute Gasteiger partial charge is 0.287 e. The molecule has 0 saturated carbocycles. The third kappa shape index (κ3) is 2.88. The SMILES string of the molecule is O=C(NCC[C@H]1CCCN1)c1cc2cccc(Br)c2o1. The fraction of sp³-hybridized carbons (Fsp3) is 0.400. The molecule has 2 N–H and O–H groups in total. The summed E-state index contributed by atoms with van der Waals surface area (Å²) in [5.74, 6) is 0.220. The second-order valence-electron chi connectivity index (χ2n) is 5.11. The summed E-state index contributed by atoms with van der Waals surface area (Å²) in [6.45, 7) is 1.77. The van der Waals surface area contributed by atoms with Crippen molar-refractivity contribution in [3.63, 3.8) is 0 Å². The maximum absolute atomic E-state index is 12.1. The van der Waals surface area contributed by atoms with Gasteiger partial charge in [-0.15, -0.1) is 0 Å². The molecule has 2 aromatic rings. The molecular formula is C15H17BrN2O2. The van der Waals surface area contributed by atoms with Gasteiger partial charge in [-0.3, -0.25) is 4.79 Å². The molecule has 0 bridgehead atoms. The van der Waals surface area contributed by atoms with Gasteiger partial charge in [0, 0.05) is 18.0 Å². The maximum Gasteiger partial charge on any atom is 0.287 e. The highest BCUT2D eigenvalue weighted by molar-refractivity contribution is 9.10. The number of hydrogen-bond donors (Lipinski definition) is 2. The number of amides is 1. The van der Waals surface area contributed by atoms with Crippen LogP contribution in [-0.4, -0.2) is 25.0 Å². The van der Waals surface area contributed by atoms with E-state index in [-0.39, 0.29) is 5.91 Å². The largest absolute Gasteiger partial charge is 0.450 e. The fourth-order valence-corrected chi connectivity index (χ4v) is 3.05. The Morgan fingerprint density at radius 2 is 2.40 bits per heavy atom. The first kappa shape index (κ1) is 13.6. The molecule has 1 saturated heterocycles. The average molecular weight is 337 g/mol. The molecule has 1 aliphatic rings. The molecule has 20 heavy (non-hydrogen) atoms. The van der Waals surface area contributed by atoms with Crippen LogP contribution in [0.15, 0.2) is 33.2 Å². The highest BCUT2D eigenvalue weighted by atomic mass is 79.9. The summed E-state index contributed by atoms with van der Waals surface area (Å²) in [7, 11) is 0. The van der Waals surface area contributed by atoms with Crippen LogP contribution in [0.5, 0.6) is 0 Å². The number of fused-ring (bicyclic) bond motifs is 1. The molecule has 1 amide bonds. The first-order valence-electron chi connectivity index (χ1n) is 6.94. The average Bonchev–Trinajstić information content (AvgIpc) is 3.07. The Bertz CT molecular complexity index is 617. The molecule has 1 aromatic carbocycles. The second kappa shape index (κ2) is 5.97. The van der Waals surface area contributed by atoms with Gasteiger partial charge in [-0.25, -0.2) is 0 Å². The normalized spacial score (nSPS) is 18.6. The van der Waals surface area contributed by atoms with Crippen LogP contribution in [0, 0.1) is 0 Å². The van der Waals surface area contributed by atoms with Crippen molar-refractivity contribution in [3.05, 3.63) is 34.5 Å². The summed E-state index contributed by atoms with van der Waals surface area (Å²) < 4.78 is 6.47. The molecule has 4 nitrogen and oxygen atoms in total. The molecule has 2 heterocycles. The molecule has 0 radical (unpaired) electrons. The van der Waals surface area contributed by atoms with Crippen LogP contribution in [0.2, 0.25) is 0 Å². The molecule has 0 spiro atoms. The van der Waals surface area contributed by atoms with Gasteiger partial charge in [0.1, 0.15) is 5.58 Å². The van der Waals surface area contributed by atoms with Crippen LogP contribution in [0.4, 0.5) is 0 Å². The lowest BCUT2D eigenvalue weighted by Crippen LogP contribution is -2.30. The quantitative estimate of drug-likeness (QED) is 0.902. The molecule has 106 valence electrons. The number of hydrogen-bond acceptors (Lipinski definition) is 3. The van der Waals surface area contributed by atoms with E-state index in [1.165, 1.54) is 12.8 Å². The number of benzene rings is 1. The number of nitrogens with one attached hydrogen (secondary N) is 2. The Balaban J connectivity index is 1.61. The zero-order chi connectivity index (χ0) is 13.9. The van der Waals surface area contributed by atoms with Crippen molar-refractivity contribution in [2.75, 3.05) is 13.1 Å². The topological polar surface area (TPSA) is 54.3 Å². The number of carbonyl (C=O) groups excluding carboxylic acids is 1. The van der Waals surface area contributed by atoms with Crippen molar-refractivity contribution in [1.82, 2.24) is 10.6 Å². The van der Waals surface area contributed by atoms with Crippen LogP contribution >= 0.6 is 15.9 Å². The Morgan fingerprint density at radius 3 is 3.15 bits per heavy atom. The number of furan rings is 1. The Labute approximate surface area is 126 Å². The van der Waals surface area contributed by atoms with Gasteiger partial charge in [-0.05, 0) is 53.9 Å². The lowest BCUT2D eigenvalue weighted by atomic mass is 10.1. The van der Waals surface area contributed by atoms with Gasteiger partial charge in [0.05, 0.1) is 4.47 Å². The van der Waals surface area contributed by atoms with E-state index in [1.54, 1.807) is 6.07 Å². The molecule has 1 aromatic heterocycles. The van der Waals surface area contributed by atoms with Gasteiger partial charge in [-0.1, -0.05) is 12.1 Å². The van der Waals surface area contributed by atoms with E-state index in [9.17, 15) is 4.79 Å². The van der Waals surface area contributed by atoms with Crippen molar-refractivity contribution in [1.29, 1.82) is 0 Å². The number of halogens is 1. The lowest BCUT2D eigenvalue weighted by Gasteiger charge is -2.09. The maximum atomic E-state index is 12.1. The van der Waals surface area contributed by atoms with E-state index in [0.717, 1.165) is 28.4 Å². The lowest BCUT2D eigenvalue weighted by molar-refractivity contribution is 0.0927. The number of carbonyl (C=O) groups is 1. The van der Waals surface area contributed by atoms with Crippen LogP contribution in [0.1, 0.15) is 29.8 Å². The third-order valence-electron chi connectivity index (χ3n) is 3.66. The highest BCUT2D eigenvalue weighted by Gasteiger charge is 2.16. The predicted molar refractivity (Wildman–Crippen MR) is 81.9 cm³/mol. The molecule has 0 aliphatic carbocycles. The van der Waals surface area contributed by atoms with Crippen molar-refractivity contribution >= 4 is 32.8 Å². The summed E-state index contributed by atoms with van der Waals surface area (Å²) in [5, 5.41) is 7.27. The van der Waals surface area contributed by atoms with Gasteiger partial charge in [0.25, 0.3) is 5.91 Å². The van der Waals surface area contributed by atoms with Crippen LogP contribution in [-0.2, 0) is 0 Å². The summed E-state index contributed by atoms with van der Waals surface area (Å²) in [6.07, 6.45) is 3.40. The third-order valence-corrected chi connectivity index (χ3v) is 4.29. The zero-order valence-electron chi connectivity index (χ0n) is 11.1. The second-order valence-corrected chi connectivity index (χ2v) is 5.96. The van der Waals surface area contributed by atoms with Crippen molar-refractivity contribution in [2.45, 2.75) is 25.3 Å². The standard InChI is InChI=1S/C15H17BrN2O2/c16-12-5-1-3-10-9-13(20-14(10)12)15(19)18-8-6-11-4-2-7-17-11/h1,3,5,9,11,17H,2,4,6-8H2,(H,18,19)/t11-/m1/s1. The van der Waals surface area contributed by atoms with Gasteiger partial charge in [0.15, 0.2) is 5.76 Å². The molecule has 0 unspecified atom stereocenters. The van der Waals surface area contributed by atoms with Crippen molar-refractivity contribution in [2.24, 2.45) is 0 Å². The minimum absolute atomic E-state index is 0.147. The molecular weight excluding hydrogens is 320 g/mol. The summed E-state index contributed by atoms with van der Waals surface area (Å²) in [6, 6.07) is 8.08. The van der Waals surface area contributed by atoms with E-state index in [0.29, 0.717) is 18.3 Å². The van der Waals surface area contributed by atoms with Crippen molar-refractivity contribution in [3.8, 4) is 0 Å². The predicted octanol–water partition coefficient (Wildman–Crippen LogP) is 3.07. The molecule has 5 heteroatoms. The summed E-state index contributed by atoms with van der Waals surface area (Å²) in [5.41, 5.74) is 0.718. The summed E-state index contributed by atoms with van der Waals surface area (Å²) >= 11 is 3.42. The van der Waals surface area contributed by atoms with E-state index in [2.05, 4.69) is 26.6 Å². The number of para-hydroxylation sites is 1. The van der Waals surface area contributed by atoms with Gasteiger partial charge < -0.3 is 15.1 Å². The van der Waals surface area contributed by atoms with Gasteiger partial charge in [-0.2, -0.15) is 0 Å². The molecule has 1 aliphatic heterocycles. The molecule has 1 atom stereocenters. The minimum atomic E-state index is -0.147. The van der Waals surface area contributed by atoms with E-state index in [1.807, 2.05) is 18.2 Å². The molecule has 1 fully saturated rings. The first-order valence-corrected chi connectivity index (χ1v) is 7.73. The Morgan fingerprint density at radius 1 is 1.50 bits per heavy atom. The van der Waals surface area contributed by atoms with E-state index in [4.69, 9.17) is 4.42 Å². The molecule has 3 rings (SSSR count). The monoisotopic (exact) mass is 336 g/mol. The van der Waals surface area contributed by atoms with E-state index >= 15 is 0 Å². The minimum Gasteiger partial charge on any atom is -0.450 e. The Kier molecular flexibility index (Phi) is 4.08. The first-order chi connectivity index (χ1) is 9.74. The zero-order valence-corrected chi connectivity index (χ0v) is 12.7. The fourth-order valence-electron chi connectivity index (χ4n) is 2.59. The van der Waals surface area contributed by atoms with Gasteiger partial charge in [0.2, 0.25) is 0 Å².